The van der Waals surface area contributed by atoms with Gasteiger partial charge in [-0.05, 0) is 53.3 Å². The first-order valence-corrected chi connectivity index (χ1v) is 13.3. The number of hydrogen-bond acceptors (Lipinski definition) is 8. The highest BCUT2D eigenvalue weighted by Crippen LogP contribution is 2.69. The predicted molar refractivity (Wildman–Crippen MR) is 147 cm³/mol. The Morgan fingerprint density at radius 2 is 1.82 bits per heavy atom. The number of nitriles is 1. The van der Waals surface area contributed by atoms with Gasteiger partial charge in [0.05, 0.1) is 36.7 Å². The molecule has 1 fully saturated rings. The van der Waals surface area contributed by atoms with Crippen LogP contribution >= 0.6 is 0 Å². The van der Waals surface area contributed by atoms with E-state index in [0.29, 0.717) is 34.7 Å². The van der Waals surface area contributed by atoms with Crippen molar-refractivity contribution in [1.29, 1.82) is 5.26 Å². The Balaban J connectivity index is 1.57. The van der Waals surface area contributed by atoms with Crippen LogP contribution in [0.2, 0.25) is 0 Å². The van der Waals surface area contributed by atoms with Gasteiger partial charge in [-0.1, -0.05) is 42.5 Å². The number of aliphatic hydroxyl groups excluding tert-OH is 1. The first-order valence-electron chi connectivity index (χ1n) is 13.3. The van der Waals surface area contributed by atoms with Gasteiger partial charge in [0.25, 0.3) is 0 Å². The molecule has 8 nitrogen and oxygen atoms in total. The zero-order valence-electron chi connectivity index (χ0n) is 22.1. The summed E-state index contributed by atoms with van der Waals surface area (Å²) in [6.07, 6.45) is 6.93. The van der Waals surface area contributed by atoms with Crippen molar-refractivity contribution in [2.24, 2.45) is 11.8 Å². The lowest BCUT2D eigenvalue weighted by Crippen LogP contribution is -2.52. The first kappa shape index (κ1) is 26.0. The summed E-state index contributed by atoms with van der Waals surface area (Å²) in [4.78, 5) is 8.44. The summed E-state index contributed by atoms with van der Waals surface area (Å²) in [6.45, 7) is 0.383. The van der Waals surface area contributed by atoms with Gasteiger partial charge in [-0.25, -0.2) is 0 Å². The molecule has 1 aliphatic heterocycles. The minimum Gasteiger partial charge on any atom is -0.495 e. The molecule has 202 valence electrons. The molecule has 1 saturated carbocycles. The van der Waals surface area contributed by atoms with Crippen LogP contribution < -0.4 is 14.8 Å². The molecule has 8 heteroatoms. The average molecular weight is 535 g/mol. The van der Waals surface area contributed by atoms with Crippen molar-refractivity contribution in [2.75, 3.05) is 13.7 Å². The van der Waals surface area contributed by atoms with Crippen molar-refractivity contribution in [3.05, 3.63) is 119 Å². The molecule has 0 bridgehead atoms. The Kier molecular flexibility index (Phi) is 6.72. The van der Waals surface area contributed by atoms with Crippen LogP contribution in [0.5, 0.6) is 11.5 Å². The van der Waals surface area contributed by atoms with Crippen LogP contribution in [0, 0.1) is 23.2 Å². The zero-order chi connectivity index (χ0) is 27.7. The highest BCUT2D eigenvalue weighted by Gasteiger charge is 2.73. The second-order valence-corrected chi connectivity index (χ2v) is 10.4. The SMILES string of the molecule is COc1cncc2c1[C@]1(O)C[C@@H](CO)[C@@H](C(NCc3ccncc3)c3ccccc3)[C@]1(c1ccc(C#N)cc1)O2. The number of benzene rings is 2. The van der Waals surface area contributed by atoms with E-state index in [1.807, 2.05) is 54.6 Å². The number of pyridine rings is 2. The van der Waals surface area contributed by atoms with E-state index in [4.69, 9.17) is 9.47 Å². The molecule has 4 aromatic rings. The van der Waals surface area contributed by atoms with Gasteiger partial charge in [0.2, 0.25) is 0 Å². The van der Waals surface area contributed by atoms with E-state index in [9.17, 15) is 15.5 Å². The van der Waals surface area contributed by atoms with E-state index < -0.39 is 17.1 Å². The highest BCUT2D eigenvalue weighted by atomic mass is 16.5. The van der Waals surface area contributed by atoms with Crippen molar-refractivity contribution in [1.82, 2.24) is 15.3 Å². The lowest BCUT2D eigenvalue weighted by atomic mass is 9.69. The molecular weight excluding hydrogens is 504 g/mol. The van der Waals surface area contributed by atoms with Crippen LogP contribution in [0.25, 0.3) is 0 Å². The molecule has 40 heavy (non-hydrogen) atoms. The number of aliphatic hydroxyl groups is 2. The number of nitrogens with one attached hydrogen (secondary N) is 1. The molecule has 0 saturated heterocycles. The van der Waals surface area contributed by atoms with Gasteiger partial charge < -0.3 is 25.0 Å². The predicted octanol–water partition coefficient (Wildman–Crippen LogP) is 3.99. The maximum atomic E-state index is 12.8. The molecule has 1 aliphatic carbocycles. The molecule has 3 N–H and O–H groups in total. The van der Waals surface area contributed by atoms with Gasteiger partial charge in [0.15, 0.2) is 5.60 Å². The smallest absolute Gasteiger partial charge is 0.172 e. The summed E-state index contributed by atoms with van der Waals surface area (Å²) in [5.41, 5.74) is 0.923. The number of fused-ring (bicyclic) bond motifs is 3. The normalized spacial score (nSPS) is 25.4. The number of hydrogen-bond donors (Lipinski definition) is 3. The maximum absolute atomic E-state index is 12.8. The summed E-state index contributed by atoms with van der Waals surface area (Å²) < 4.78 is 12.6. The molecule has 3 heterocycles. The van der Waals surface area contributed by atoms with Crippen LogP contribution in [0.3, 0.4) is 0 Å². The maximum Gasteiger partial charge on any atom is 0.172 e. The lowest BCUT2D eigenvalue weighted by Gasteiger charge is -2.44. The molecular formula is C32H30N4O4. The molecule has 1 unspecified atom stereocenters. The van der Waals surface area contributed by atoms with Crippen molar-refractivity contribution in [3.63, 3.8) is 0 Å². The third kappa shape index (κ3) is 3.94. The lowest BCUT2D eigenvalue weighted by molar-refractivity contribution is -0.126. The number of ether oxygens (including phenoxy) is 2. The van der Waals surface area contributed by atoms with Gasteiger partial charge >= 0.3 is 0 Å². The minimum atomic E-state index is -1.55. The summed E-state index contributed by atoms with van der Waals surface area (Å²) in [5.74, 6) is 0.0843. The van der Waals surface area contributed by atoms with E-state index in [1.54, 1.807) is 44.0 Å². The van der Waals surface area contributed by atoms with E-state index >= 15 is 0 Å². The van der Waals surface area contributed by atoms with Crippen LogP contribution in [-0.2, 0) is 17.7 Å². The molecule has 2 aromatic heterocycles. The standard InChI is InChI=1S/C32H30N4O4/c1-39-26-18-35-19-27-29(26)31(38)15-24(20-37)28(32(31,40-27)25-9-7-21(16-33)8-10-25)30(23-5-3-2-4-6-23)36-17-22-11-13-34-14-12-22/h2-14,18-19,24,28,30,36-38H,15,17,20H2,1H3/t24-,28-,30?,31+,32-/m0/s1. The van der Waals surface area contributed by atoms with Crippen LogP contribution in [0.4, 0.5) is 0 Å². The molecule has 6 rings (SSSR count). The van der Waals surface area contributed by atoms with Gasteiger partial charge in [-0.15, -0.1) is 0 Å². The number of aromatic nitrogens is 2. The van der Waals surface area contributed by atoms with Gasteiger partial charge in [0.1, 0.15) is 17.1 Å². The average Bonchev–Trinajstić information content (AvgIpc) is 3.42. The molecule has 2 aromatic carbocycles. The quantitative estimate of drug-likeness (QED) is 0.310. The van der Waals surface area contributed by atoms with E-state index in [0.717, 1.165) is 11.1 Å². The Hall–Kier alpha value is -4.29. The summed E-state index contributed by atoms with van der Waals surface area (Å²) >= 11 is 0. The van der Waals surface area contributed by atoms with Crippen LogP contribution in [0.1, 0.15) is 40.3 Å². The summed E-state index contributed by atoms with van der Waals surface area (Å²) in [5, 5.41) is 36.9. The molecule has 0 radical (unpaired) electrons. The topological polar surface area (TPSA) is 121 Å². The Bertz CT molecular complexity index is 1530. The van der Waals surface area contributed by atoms with E-state index in [2.05, 4.69) is 21.4 Å². The van der Waals surface area contributed by atoms with Gasteiger partial charge in [0, 0.05) is 37.5 Å². The number of nitrogens with zero attached hydrogens (tertiary/aromatic N) is 3. The van der Waals surface area contributed by atoms with E-state index in [1.165, 1.54) is 0 Å². The van der Waals surface area contributed by atoms with Crippen molar-refractivity contribution in [2.45, 2.75) is 30.2 Å². The zero-order valence-corrected chi connectivity index (χ0v) is 22.1. The Morgan fingerprint density at radius 1 is 1.07 bits per heavy atom. The minimum absolute atomic E-state index is 0.155. The van der Waals surface area contributed by atoms with Gasteiger partial charge in [-0.3, -0.25) is 9.97 Å². The fourth-order valence-corrected chi connectivity index (χ4v) is 6.75. The molecule has 0 spiro atoms. The number of rotatable bonds is 8. The Morgan fingerprint density at radius 3 is 2.50 bits per heavy atom. The number of methoxy groups -OCH3 is 1. The van der Waals surface area contributed by atoms with Crippen LogP contribution in [0.15, 0.2) is 91.5 Å². The summed E-state index contributed by atoms with van der Waals surface area (Å²) in [7, 11) is 1.54. The fraction of sp³-hybridized carbons (Fsp3) is 0.281. The molecule has 0 amide bonds. The van der Waals surface area contributed by atoms with E-state index in [-0.39, 0.29) is 25.0 Å². The summed E-state index contributed by atoms with van der Waals surface area (Å²) in [6, 6.07) is 22.9. The molecule has 2 aliphatic rings. The highest BCUT2D eigenvalue weighted by molar-refractivity contribution is 5.57. The van der Waals surface area contributed by atoms with Crippen molar-refractivity contribution >= 4 is 0 Å². The Labute approximate surface area is 232 Å². The second-order valence-electron chi connectivity index (χ2n) is 10.4. The van der Waals surface area contributed by atoms with Gasteiger partial charge in [-0.2, -0.15) is 5.26 Å². The van der Waals surface area contributed by atoms with Crippen molar-refractivity contribution < 1.29 is 19.7 Å². The third-order valence-electron chi connectivity index (χ3n) is 8.40. The fourth-order valence-electron chi connectivity index (χ4n) is 6.75. The third-order valence-corrected chi connectivity index (χ3v) is 8.40. The second kappa shape index (κ2) is 10.4. The van der Waals surface area contributed by atoms with Crippen molar-refractivity contribution in [3.8, 4) is 17.6 Å². The largest absolute Gasteiger partial charge is 0.495 e. The first-order chi connectivity index (χ1) is 19.6. The molecule has 5 atom stereocenters. The monoisotopic (exact) mass is 534 g/mol. The van der Waals surface area contributed by atoms with Crippen LogP contribution in [-0.4, -0.2) is 33.9 Å².